The molecule has 4 aromatic carbocycles. The highest BCUT2D eigenvalue weighted by atomic mass is 35.5. The van der Waals surface area contributed by atoms with Crippen LogP contribution in [0.5, 0.6) is 5.75 Å². The van der Waals surface area contributed by atoms with Gasteiger partial charge in [0.1, 0.15) is 12.4 Å². The van der Waals surface area contributed by atoms with Gasteiger partial charge in [0.25, 0.3) is 11.6 Å². The first kappa shape index (κ1) is 27.7. The van der Waals surface area contributed by atoms with Crippen LogP contribution in [0.25, 0.3) is 6.08 Å². The number of nitrogens with zero attached hydrogens (tertiary/aromatic N) is 3. The highest BCUT2D eigenvalue weighted by Crippen LogP contribution is 2.38. The van der Waals surface area contributed by atoms with Crippen LogP contribution in [-0.4, -0.2) is 16.0 Å². The molecule has 1 aliphatic rings. The Balaban J connectivity index is 1.38. The minimum atomic E-state index is -0.455. The zero-order valence-corrected chi connectivity index (χ0v) is 23.5. The van der Waals surface area contributed by atoms with Gasteiger partial charge in [-0.15, -0.1) is 0 Å². The summed E-state index contributed by atoms with van der Waals surface area (Å²) in [6, 6.07) is 25.3. The van der Waals surface area contributed by atoms with Crippen molar-refractivity contribution in [2.75, 3.05) is 4.90 Å². The molecule has 0 aliphatic carbocycles. The van der Waals surface area contributed by atoms with Gasteiger partial charge in [-0.05, 0) is 102 Å². The summed E-state index contributed by atoms with van der Waals surface area (Å²) in [5, 5.41) is 12.8. The van der Waals surface area contributed by atoms with Crippen LogP contribution >= 0.6 is 46.6 Å². The number of aliphatic imine (C=N–C) groups is 1. The van der Waals surface area contributed by atoms with Crippen molar-refractivity contribution in [3.8, 4) is 5.75 Å². The molecule has 1 saturated heterocycles. The molecule has 40 heavy (non-hydrogen) atoms. The third kappa shape index (κ3) is 6.48. The van der Waals surface area contributed by atoms with Crippen molar-refractivity contribution >= 4 is 80.8 Å². The quantitative estimate of drug-likeness (QED) is 0.118. The number of amides is 1. The summed E-state index contributed by atoms with van der Waals surface area (Å²) in [6.45, 7) is 0.188. The Labute approximate surface area is 248 Å². The van der Waals surface area contributed by atoms with Gasteiger partial charge in [0, 0.05) is 22.2 Å². The molecule has 1 heterocycles. The number of benzene rings is 4. The fourth-order valence-corrected chi connectivity index (χ4v) is 5.24. The maximum Gasteiger partial charge on any atom is 0.271 e. The monoisotopic (exact) mass is 609 g/mol. The third-order valence-electron chi connectivity index (χ3n) is 5.74. The molecule has 0 unspecified atom stereocenters. The molecule has 1 aliphatic heterocycles. The van der Waals surface area contributed by atoms with Gasteiger partial charge in [0.2, 0.25) is 0 Å². The van der Waals surface area contributed by atoms with Gasteiger partial charge in [-0.1, -0.05) is 40.9 Å². The van der Waals surface area contributed by atoms with Gasteiger partial charge in [0.05, 0.1) is 26.2 Å². The van der Waals surface area contributed by atoms with Gasteiger partial charge >= 0.3 is 0 Å². The zero-order valence-electron chi connectivity index (χ0n) is 20.5. The van der Waals surface area contributed by atoms with Gasteiger partial charge in [-0.2, -0.15) is 0 Å². The van der Waals surface area contributed by atoms with E-state index in [2.05, 4.69) is 0 Å². The summed E-state index contributed by atoms with van der Waals surface area (Å²) < 4.78 is 5.80. The van der Waals surface area contributed by atoms with Crippen molar-refractivity contribution in [1.29, 1.82) is 0 Å². The van der Waals surface area contributed by atoms with E-state index in [0.717, 1.165) is 5.56 Å². The number of carbonyl (C=O) groups excluding carboxylic acids is 1. The number of halogens is 3. The van der Waals surface area contributed by atoms with E-state index >= 15 is 0 Å². The van der Waals surface area contributed by atoms with Gasteiger partial charge < -0.3 is 4.74 Å². The fourth-order valence-electron chi connectivity index (χ4n) is 3.74. The lowest BCUT2D eigenvalue weighted by atomic mass is 10.2. The zero-order chi connectivity index (χ0) is 28.2. The highest BCUT2D eigenvalue weighted by Gasteiger charge is 2.34. The number of ether oxygens (including phenoxy) is 1. The number of hydrogen-bond donors (Lipinski definition) is 0. The lowest BCUT2D eigenvalue weighted by molar-refractivity contribution is -0.384. The Morgan fingerprint density at radius 2 is 1.55 bits per heavy atom. The van der Waals surface area contributed by atoms with E-state index in [0.29, 0.717) is 47.8 Å². The molecule has 0 spiro atoms. The summed E-state index contributed by atoms with van der Waals surface area (Å²) >= 11 is 19.8. The molecule has 200 valence electrons. The molecule has 7 nitrogen and oxygen atoms in total. The number of rotatable bonds is 7. The van der Waals surface area contributed by atoms with E-state index in [9.17, 15) is 14.9 Å². The molecule has 0 atom stereocenters. The first-order valence-electron chi connectivity index (χ1n) is 11.8. The number of non-ortho nitro benzene ring substituents is 1. The van der Waals surface area contributed by atoms with Crippen LogP contribution in [0.4, 0.5) is 17.1 Å². The number of nitro benzene ring substituents is 1. The Hall–Kier alpha value is -3.82. The van der Waals surface area contributed by atoms with Crippen LogP contribution in [0.15, 0.2) is 101 Å². The van der Waals surface area contributed by atoms with Crippen molar-refractivity contribution in [2.24, 2.45) is 4.99 Å². The molecule has 5 rings (SSSR count). The second kappa shape index (κ2) is 12.1. The summed E-state index contributed by atoms with van der Waals surface area (Å²) in [5.74, 6) is 0.204. The molecular formula is C29H18Cl3N3O4S. The van der Waals surface area contributed by atoms with E-state index < -0.39 is 4.92 Å². The molecule has 0 aromatic heterocycles. The topological polar surface area (TPSA) is 85.0 Å². The Kier molecular flexibility index (Phi) is 8.42. The van der Waals surface area contributed by atoms with Crippen LogP contribution in [0, 0.1) is 10.1 Å². The number of carbonyl (C=O) groups is 1. The first-order chi connectivity index (χ1) is 19.3. The minimum absolute atomic E-state index is 0.00879. The van der Waals surface area contributed by atoms with Crippen molar-refractivity contribution in [3.63, 3.8) is 0 Å². The molecule has 0 saturated carbocycles. The fraction of sp³-hybridized carbons (Fsp3) is 0.0345. The number of thioether (sulfide) groups is 1. The van der Waals surface area contributed by atoms with Gasteiger partial charge in [0.15, 0.2) is 5.17 Å². The van der Waals surface area contributed by atoms with E-state index in [1.165, 1.54) is 28.8 Å². The Bertz CT molecular complexity index is 1640. The average Bonchev–Trinajstić information content (AvgIpc) is 3.24. The summed E-state index contributed by atoms with van der Waals surface area (Å²) in [7, 11) is 0. The van der Waals surface area contributed by atoms with Crippen molar-refractivity contribution in [2.45, 2.75) is 6.61 Å². The third-order valence-corrected chi connectivity index (χ3v) is 7.51. The van der Waals surface area contributed by atoms with E-state index in [-0.39, 0.29) is 18.2 Å². The first-order valence-corrected chi connectivity index (χ1v) is 13.7. The normalized spacial score (nSPS) is 15.2. The van der Waals surface area contributed by atoms with Crippen LogP contribution in [0.1, 0.15) is 11.1 Å². The SMILES string of the molecule is O=C1/C(=C/c2ccc(OCc3ccc([N+](=O)[O-])cc3)c(Cl)c2)SC(=Nc2ccc(Cl)cc2)N1c1ccc(Cl)cc1. The predicted molar refractivity (Wildman–Crippen MR) is 162 cm³/mol. The van der Waals surface area contributed by atoms with Gasteiger partial charge in [-0.3, -0.25) is 19.8 Å². The number of anilines is 1. The highest BCUT2D eigenvalue weighted by molar-refractivity contribution is 8.19. The largest absolute Gasteiger partial charge is 0.487 e. The standard InChI is InChI=1S/C29H18Cl3N3O4S/c30-20-4-8-22(9-5-20)33-29-34(23-12-6-21(31)7-13-23)28(36)27(40-29)16-19-3-14-26(25(32)15-19)39-17-18-1-10-24(11-2-18)35(37)38/h1-16H,17H2/b27-16-,33-29?. The van der Waals surface area contributed by atoms with E-state index in [1.54, 1.807) is 84.9 Å². The van der Waals surface area contributed by atoms with Crippen LogP contribution in [-0.2, 0) is 11.4 Å². The molecule has 1 amide bonds. The summed E-state index contributed by atoms with van der Waals surface area (Å²) in [6.07, 6.45) is 1.74. The Morgan fingerprint density at radius 3 is 2.17 bits per heavy atom. The molecule has 0 bridgehead atoms. The maximum absolute atomic E-state index is 13.5. The summed E-state index contributed by atoms with van der Waals surface area (Å²) in [4.78, 5) is 30.6. The lowest BCUT2D eigenvalue weighted by Gasteiger charge is -2.15. The second-order valence-corrected chi connectivity index (χ2v) is 10.8. The van der Waals surface area contributed by atoms with Crippen molar-refractivity contribution in [3.05, 3.63) is 132 Å². The van der Waals surface area contributed by atoms with Crippen molar-refractivity contribution < 1.29 is 14.5 Å². The maximum atomic E-state index is 13.5. The van der Waals surface area contributed by atoms with E-state index in [4.69, 9.17) is 44.5 Å². The Morgan fingerprint density at radius 1 is 0.900 bits per heavy atom. The molecule has 1 fully saturated rings. The van der Waals surface area contributed by atoms with Crippen LogP contribution < -0.4 is 9.64 Å². The lowest BCUT2D eigenvalue weighted by Crippen LogP contribution is -2.28. The van der Waals surface area contributed by atoms with Crippen molar-refractivity contribution in [1.82, 2.24) is 0 Å². The number of nitro groups is 1. The number of amidine groups is 1. The van der Waals surface area contributed by atoms with Gasteiger partial charge in [-0.25, -0.2) is 4.99 Å². The molecule has 0 radical (unpaired) electrons. The summed E-state index contributed by atoms with van der Waals surface area (Å²) in [5.41, 5.74) is 2.75. The second-order valence-electron chi connectivity index (χ2n) is 8.50. The smallest absolute Gasteiger partial charge is 0.271 e. The predicted octanol–water partition coefficient (Wildman–Crippen LogP) is 8.94. The molecule has 0 N–H and O–H groups in total. The average molecular weight is 611 g/mol. The van der Waals surface area contributed by atoms with Crippen LogP contribution in [0.3, 0.4) is 0 Å². The van der Waals surface area contributed by atoms with Crippen LogP contribution in [0.2, 0.25) is 15.1 Å². The molecule has 4 aromatic rings. The van der Waals surface area contributed by atoms with E-state index in [1.807, 2.05) is 0 Å². The molecular weight excluding hydrogens is 593 g/mol. The minimum Gasteiger partial charge on any atom is -0.487 e. The molecule has 11 heteroatoms. The number of hydrogen-bond acceptors (Lipinski definition) is 6.